The maximum absolute atomic E-state index is 12.4. The van der Waals surface area contributed by atoms with Crippen molar-refractivity contribution in [3.05, 3.63) is 11.3 Å². The summed E-state index contributed by atoms with van der Waals surface area (Å²) < 4.78 is 5.50. The average molecular weight is 260 g/mol. The lowest BCUT2D eigenvalue weighted by molar-refractivity contribution is -0.119. The zero-order chi connectivity index (χ0) is 14.2. The third-order valence-corrected chi connectivity index (χ3v) is 3.91. The highest BCUT2D eigenvalue weighted by atomic mass is 16.5. The molecule has 1 aliphatic carbocycles. The molecular weight excluding hydrogens is 240 g/mol. The van der Waals surface area contributed by atoms with Gasteiger partial charge in [-0.15, -0.1) is 0 Å². The predicted molar refractivity (Wildman–Crippen MR) is 71.4 cm³/mol. The van der Waals surface area contributed by atoms with Gasteiger partial charge in [0.05, 0.1) is 6.07 Å². The maximum atomic E-state index is 12.4. The second kappa shape index (κ2) is 4.80. The number of hydrogen-bond donors (Lipinski definition) is 1. The third kappa shape index (κ3) is 2.42. The Morgan fingerprint density at radius 3 is 2.74 bits per heavy atom. The van der Waals surface area contributed by atoms with Crippen LogP contribution in [0.25, 0.3) is 0 Å². The van der Waals surface area contributed by atoms with Crippen LogP contribution in [0.3, 0.4) is 0 Å². The van der Waals surface area contributed by atoms with E-state index in [9.17, 15) is 10.1 Å². The molecule has 2 unspecified atom stereocenters. The molecule has 2 aliphatic rings. The molecule has 0 spiro atoms. The standard InChI is InChI=1S/C15H20N2O2/c1-4-5-9-10(8-16)14(17)19-12-7-15(2,3)6-11(18)13(9)12/h9-10,17H,4-7H2,1-3H3. The SMILES string of the molecule is CCCC1C2=C(CC(C)(C)CC2=O)OC(=N)C1C#N. The molecule has 19 heavy (non-hydrogen) atoms. The number of ketones is 1. The molecular formula is C15H20N2O2. The number of carbonyl (C=O) groups is 1. The second-order valence-corrected chi connectivity index (χ2v) is 6.25. The summed E-state index contributed by atoms with van der Waals surface area (Å²) in [7, 11) is 0. The Balaban J connectivity index is 2.46. The topological polar surface area (TPSA) is 73.9 Å². The van der Waals surface area contributed by atoms with Crippen molar-refractivity contribution in [2.75, 3.05) is 0 Å². The molecule has 1 N–H and O–H groups in total. The van der Waals surface area contributed by atoms with Gasteiger partial charge >= 0.3 is 0 Å². The van der Waals surface area contributed by atoms with Gasteiger partial charge in [-0.1, -0.05) is 27.2 Å². The van der Waals surface area contributed by atoms with E-state index in [-0.39, 0.29) is 23.0 Å². The normalized spacial score (nSPS) is 29.6. The summed E-state index contributed by atoms with van der Waals surface area (Å²) in [5.41, 5.74) is 0.565. The largest absolute Gasteiger partial charge is 0.446 e. The van der Waals surface area contributed by atoms with E-state index in [0.717, 1.165) is 12.8 Å². The van der Waals surface area contributed by atoms with E-state index in [4.69, 9.17) is 10.1 Å². The summed E-state index contributed by atoms with van der Waals surface area (Å²) >= 11 is 0. The maximum Gasteiger partial charge on any atom is 0.204 e. The van der Waals surface area contributed by atoms with Crippen molar-refractivity contribution in [3.8, 4) is 6.07 Å². The smallest absolute Gasteiger partial charge is 0.204 e. The Hall–Kier alpha value is -1.63. The van der Waals surface area contributed by atoms with Crippen LogP contribution in [-0.2, 0) is 9.53 Å². The van der Waals surface area contributed by atoms with Crippen molar-refractivity contribution < 1.29 is 9.53 Å². The highest BCUT2D eigenvalue weighted by molar-refractivity contribution is 6.00. The summed E-state index contributed by atoms with van der Waals surface area (Å²) in [6.07, 6.45) is 2.83. The molecule has 2 rings (SSSR count). The van der Waals surface area contributed by atoms with Crippen LogP contribution in [-0.4, -0.2) is 11.7 Å². The van der Waals surface area contributed by atoms with Crippen molar-refractivity contribution in [2.45, 2.75) is 46.5 Å². The molecule has 2 atom stereocenters. The van der Waals surface area contributed by atoms with Crippen molar-refractivity contribution in [1.29, 1.82) is 10.7 Å². The quantitative estimate of drug-likeness (QED) is 0.828. The molecule has 0 radical (unpaired) electrons. The van der Waals surface area contributed by atoms with E-state index in [1.165, 1.54) is 0 Å². The van der Waals surface area contributed by atoms with Crippen LogP contribution < -0.4 is 0 Å². The number of hydrogen-bond acceptors (Lipinski definition) is 4. The molecule has 4 heteroatoms. The van der Waals surface area contributed by atoms with E-state index in [1.54, 1.807) is 0 Å². The summed E-state index contributed by atoms with van der Waals surface area (Å²) in [6, 6.07) is 2.13. The van der Waals surface area contributed by atoms with Crippen molar-refractivity contribution in [3.63, 3.8) is 0 Å². The fourth-order valence-electron chi connectivity index (χ4n) is 3.10. The minimum atomic E-state index is -0.608. The molecule has 0 aromatic carbocycles. The van der Waals surface area contributed by atoms with E-state index in [2.05, 4.69) is 6.07 Å². The van der Waals surface area contributed by atoms with Gasteiger partial charge in [0.15, 0.2) is 5.78 Å². The first kappa shape index (κ1) is 13.8. The monoisotopic (exact) mass is 260 g/mol. The molecule has 0 saturated heterocycles. The van der Waals surface area contributed by atoms with Crippen LogP contribution in [0.5, 0.6) is 0 Å². The fraction of sp³-hybridized carbons (Fsp3) is 0.667. The zero-order valence-electron chi connectivity index (χ0n) is 11.7. The lowest BCUT2D eigenvalue weighted by atomic mass is 9.69. The van der Waals surface area contributed by atoms with Crippen molar-refractivity contribution in [2.24, 2.45) is 17.3 Å². The van der Waals surface area contributed by atoms with Crippen LogP contribution in [0.15, 0.2) is 11.3 Å². The van der Waals surface area contributed by atoms with Gasteiger partial charge in [0.25, 0.3) is 0 Å². The first-order chi connectivity index (χ1) is 8.89. The van der Waals surface area contributed by atoms with Crippen molar-refractivity contribution in [1.82, 2.24) is 0 Å². The number of nitrogens with one attached hydrogen (secondary N) is 1. The lowest BCUT2D eigenvalue weighted by Crippen LogP contribution is -2.39. The Morgan fingerprint density at radius 2 is 2.16 bits per heavy atom. The third-order valence-electron chi connectivity index (χ3n) is 3.91. The minimum absolute atomic E-state index is 0.00481. The lowest BCUT2D eigenvalue weighted by Gasteiger charge is -2.39. The molecule has 0 aromatic heterocycles. The number of allylic oxidation sites excluding steroid dienone is 2. The highest BCUT2D eigenvalue weighted by Gasteiger charge is 2.44. The molecule has 0 amide bonds. The molecule has 0 aromatic rings. The van der Waals surface area contributed by atoms with Crippen molar-refractivity contribution >= 4 is 11.7 Å². The van der Waals surface area contributed by atoms with Gasteiger partial charge in [0.1, 0.15) is 11.7 Å². The van der Waals surface area contributed by atoms with E-state index < -0.39 is 5.92 Å². The van der Waals surface area contributed by atoms with E-state index >= 15 is 0 Å². The first-order valence-corrected chi connectivity index (χ1v) is 6.81. The molecule has 4 nitrogen and oxygen atoms in total. The van der Waals surface area contributed by atoms with Gasteiger partial charge in [-0.05, 0) is 11.8 Å². The Kier molecular flexibility index (Phi) is 3.49. The van der Waals surface area contributed by atoms with Gasteiger partial charge in [0, 0.05) is 24.3 Å². The molecule has 1 aliphatic heterocycles. The van der Waals surface area contributed by atoms with E-state index in [1.807, 2.05) is 20.8 Å². The Labute approximate surface area is 114 Å². The average Bonchev–Trinajstić information content (AvgIpc) is 2.26. The Morgan fingerprint density at radius 1 is 1.47 bits per heavy atom. The highest BCUT2D eigenvalue weighted by Crippen LogP contribution is 2.45. The van der Waals surface area contributed by atoms with Crippen LogP contribution in [0.1, 0.15) is 46.5 Å². The summed E-state index contributed by atoms with van der Waals surface area (Å²) in [4.78, 5) is 12.4. The van der Waals surface area contributed by atoms with Gasteiger partial charge in [-0.2, -0.15) is 5.26 Å². The van der Waals surface area contributed by atoms with Crippen LogP contribution >= 0.6 is 0 Å². The minimum Gasteiger partial charge on any atom is -0.446 e. The van der Waals surface area contributed by atoms with Gasteiger partial charge in [-0.3, -0.25) is 10.2 Å². The molecule has 0 fully saturated rings. The summed E-state index contributed by atoms with van der Waals surface area (Å²) in [5.74, 6) is -0.0300. The summed E-state index contributed by atoms with van der Waals surface area (Å²) in [5, 5.41) is 17.1. The van der Waals surface area contributed by atoms with Crippen LogP contribution in [0.2, 0.25) is 0 Å². The number of nitriles is 1. The zero-order valence-corrected chi connectivity index (χ0v) is 11.7. The Bertz CT molecular complexity index is 497. The van der Waals surface area contributed by atoms with Crippen LogP contribution in [0, 0.1) is 34.0 Å². The number of rotatable bonds is 2. The fourth-order valence-corrected chi connectivity index (χ4v) is 3.10. The summed E-state index contributed by atoms with van der Waals surface area (Å²) in [6.45, 7) is 6.10. The number of nitrogens with zero attached hydrogens (tertiary/aromatic N) is 1. The van der Waals surface area contributed by atoms with Gasteiger partial charge < -0.3 is 4.74 Å². The molecule has 0 bridgehead atoms. The van der Waals surface area contributed by atoms with E-state index in [0.29, 0.717) is 24.2 Å². The number of ether oxygens (including phenoxy) is 1. The number of carbonyl (C=O) groups excluding carboxylic acids is 1. The molecule has 1 heterocycles. The molecule has 0 saturated carbocycles. The number of Topliss-reactive ketones (excluding diaryl/α,β-unsaturated/α-hetero) is 1. The van der Waals surface area contributed by atoms with Crippen LogP contribution in [0.4, 0.5) is 0 Å². The van der Waals surface area contributed by atoms with Gasteiger partial charge in [0.2, 0.25) is 5.90 Å². The predicted octanol–water partition coefficient (Wildman–Crippen LogP) is 3.19. The molecule has 102 valence electrons. The first-order valence-electron chi connectivity index (χ1n) is 6.81. The second-order valence-electron chi connectivity index (χ2n) is 6.25. The van der Waals surface area contributed by atoms with Gasteiger partial charge in [-0.25, -0.2) is 0 Å².